The number of nitrogens with one attached hydrogen (secondary N) is 3. The molecule has 0 aliphatic carbocycles. The fraction of sp³-hybridized carbons (Fsp3) is 0.118. The molecule has 0 amide bonds. The van der Waals surface area contributed by atoms with Gasteiger partial charge in [-0.1, -0.05) is 0 Å². The Balaban J connectivity index is 1.85. The van der Waals surface area contributed by atoms with E-state index < -0.39 is 0 Å². The summed E-state index contributed by atoms with van der Waals surface area (Å²) in [6, 6.07) is 6.84. The van der Waals surface area contributed by atoms with Crippen molar-refractivity contribution in [1.29, 1.82) is 10.8 Å². The van der Waals surface area contributed by atoms with E-state index in [0.717, 1.165) is 22.3 Å². The van der Waals surface area contributed by atoms with Crippen molar-refractivity contribution in [3.63, 3.8) is 0 Å². The third-order valence-electron chi connectivity index (χ3n) is 3.73. The number of anilines is 1. The van der Waals surface area contributed by atoms with E-state index >= 15 is 0 Å². The molecule has 3 aromatic heterocycles. The Labute approximate surface area is 149 Å². The van der Waals surface area contributed by atoms with E-state index in [1.807, 2.05) is 13.0 Å². The molecule has 0 saturated carbocycles. The summed E-state index contributed by atoms with van der Waals surface area (Å²) in [6.07, 6.45) is 4.68. The van der Waals surface area contributed by atoms with Gasteiger partial charge in [0, 0.05) is 18.6 Å². The highest BCUT2D eigenvalue weighted by Gasteiger charge is 2.08. The SMILES string of the molecule is Cc1cnc2c(NCC(=N)n3nc(/C(N)=C/N)ccc3=N)ccnc2c1. The molecule has 0 saturated heterocycles. The van der Waals surface area contributed by atoms with Crippen molar-refractivity contribution in [1.82, 2.24) is 19.7 Å². The van der Waals surface area contributed by atoms with Gasteiger partial charge >= 0.3 is 0 Å². The Morgan fingerprint density at radius 3 is 2.88 bits per heavy atom. The first-order valence-corrected chi connectivity index (χ1v) is 7.85. The first kappa shape index (κ1) is 17.1. The Hall–Kier alpha value is -3.75. The molecule has 0 aromatic carbocycles. The fourth-order valence-electron chi connectivity index (χ4n) is 2.40. The highest BCUT2D eigenvalue weighted by Crippen LogP contribution is 2.19. The monoisotopic (exact) mass is 349 g/mol. The third-order valence-corrected chi connectivity index (χ3v) is 3.73. The lowest BCUT2D eigenvalue weighted by molar-refractivity contribution is 0.791. The standard InChI is InChI=1S/C17H19N9/c1-10-6-14-17(24-8-10)13(4-5-22-14)23-9-16(21)26-15(20)3-2-12(25-26)11(19)7-18/h2-8,20-21H,9,18-19H2,1H3,(H,22,23)/b11-7-,20-15?,21-16?. The summed E-state index contributed by atoms with van der Waals surface area (Å²) in [4.78, 5) is 8.71. The van der Waals surface area contributed by atoms with E-state index in [2.05, 4.69) is 20.4 Å². The van der Waals surface area contributed by atoms with Gasteiger partial charge in [0.05, 0.1) is 23.4 Å². The van der Waals surface area contributed by atoms with Gasteiger partial charge in [-0.05, 0) is 36.8 Å². The summed E-state index contributed by atoms with van der Waals surface area (Å²) in [7, 11) is 0. The van der Waals surface area contributed by atoms with Crippen LogP contribution in [0.5, 0.6) is 0 Å². The van der Waals surface area contributed by atoms with Crippen molar-refractivity contribution in [2.24, 2.45) is 11.5 Å². The number of nitrogens with zero attached hydrogens (tertiary/aromatic N) is 4. The van der Waals surface area contributed by atoms with Crippen LogP contribution in [0.15, 0.2) is 42.9 Å². The minimum atomic E-state index is 0.0682. The molecule has 0 aliphatic heterocycles. The van der Waals surface area contributed by atoms with Crippen molar-refractivity contribution in [3.05, 3.63) is 59.6 Å². The van der Waals surface area contributed by atoms with Gasteiger partial charge in [-0.25, -0.2) is 0 Å². The zero-order valence-corrected chi connectivity index (χ0v) is 14.2. The third kappa shape index (κ3) is 3.36. The molecule has 0 bridgehead atoms. The molecule has 0 atom stereocenters. The van der Waals surface area contributed by atoms with E-state index in [9.17, 15) is 0 Å². The van der Waals surface area contributed by atoms with Crippen LogP contribution in [-0.4, -0.2) is 32.1 Å². The molecule has 7 N–H and O–H groups in total. The maximum atomic E-state index is 8.25. The lowest BCUT2D eigenvalue weighted by Gasteiger charge is -2.12. The lowest BCUT2D eigenvalue weighted by atomic mass is 10.2. The molecule has 0 unspecified atom stereocenters. The zero-order chi connectivity index (χ0) is 18.7. The van der Waals surface area contributed by atoms with Gasteiger partial charge in [0.2, 0.25) is 0 Å². The second-order valence-corrected chi connectivity index (χ2v) is 5.68. The zero-order valence-electron chi connectivity index (χ0n) is 14.2. The summed E-state index contributed by atoms with van der Waals surface area (Å²) in [5.41, 5.74) is 15.2. The van der Waals surface area contributed by atoms with Gasteiger partial charge in [-0.2, -0.15) is 9.78 Å². The number of rotatable bonds is 4. The highest BCUT2D eigenvalue weighted by molar-refractivity contribution is 5.91. The number of pyridine rings is 2. The lowest BCUT2D eigenvalue weighted by Crippen LogP contribution is -2.34. The molecule has 0 aliphatic rings. The second kappa shape index (κ2) is 7.01. The van der Waals surface area contributed by atoms with Crippen molar-refractivity contribution < 1.29 is 0 Å². The summed E-state index contributed by atoms with van der Waals surface area (Å²) in [5.74, 6) is 0.0822. The maximum Gasteiger partial charge on any atom is 0.148 e. The number of aryl methyl sites for hydroxylation is 1. The average molecular weight is 349 g/mol. The normalized spacial score (nSPS) is 11.5. The van der Waals surface area contributed by atoms with Crippen LogP contribution in [0.2, 0.25) is 0 Å². The van der Waals surface area contributed by atoms with E-state index in [4.69, 9.17) is 22.3 Å². The van der Waals surface area contributed by atoms with Crippen molar-refractivity contribution in [2.75, 3.05) is 11.9 Å². The Kier molecular flexibility index (Phi) is 4.61. The van der Waals surface area contributed by atoms with Gasteiger partial charge in [0.25, 0.3) is 0 Å². The van der Waals surface area contributed by atoms with Gasteiger partial charge in [0.15, 0.2) is 0 Å². The van der Waals surface area contributed by atoms with Crippen LogP contribution >= 0.6 is 0 Å². The molecule has 0 spiro atoms. The number of fused-ring (bicyclic) bond motifs is 1. The molecule has 0 radical (unpaired) electrons. The Morgan fingerprint density at radius 1 is 1.31 bits per heavy atom. The minimum absolute atomic E-state index is 0.0682. The van der Waals surface area contributed by atoms with Crippen LogP contribution in [-0.2, 0) is 0 Å². The molecule has 0 fully saturated rings. The molecule has 9 heteroatoms. The van der Waals surface area contributed by atoms with Gasteiger partial charge < -0.3 is 16.8 Å². The topological polar surface area (TPSA) is 155 Å². The summed E-state index contributed by atoms with van der Waals surface area (Å²) in [6.45, 7) is 2.10. The molecule has 132 valence electrons. The molecule has 3 rings (SSSR count). The van der Waals surface area contributed by atoms with Crippen LogP contribution in [0.4, 0.5) is 5.69 Å². The van der Waals surface area contributed by atoms with E-state index in [-0.39, 0.29) is 23.6 Å². The Morgan fingerprint density at radius 2 is 2.12 bits per heavy atom. The van der Waals surface area contributed by atoms with Crippen LogP contribution in [0.25, 0.3) is 16.7 Å². The van der Waals surface area contributed by atoms with E-state index in [1.54, 1.807) is 24.5 Å². The smallest absolute Gasteiger partial charge is 0.148 e. The fourth-order valence-corrected chi connectivity index (χ4v) is 2.40. The Bertz CT molecular complexity index is 1070. The number of aromatic nitrogens is 4. The van der Waals surface area contributed by atoms with E-state index in [1.165, 1.54) is 16.9 Å². The highest BCUT2D eigenvalue weighted by atomic mass is 15.3. The van der Waals surface area contributed by atoms with E-state index in [0.29, 0.717) is 5.69 Å². The molecule has 26 heavy (non-hydrogen) atoms. The molecular formula is C17H19N9. The van der Waals surface area contributed by atoms with Gasteiger partial charge in [-0.3, -0.25) is 20.8 Å². The predicted octanol–water partition coefficient (Wildman–Crippen LogP) is 0.767. The van der Waals surface area contributed by atoms with Crippen molar-refractivity contribution in [2.45, 2.75) is 6.92 Å². The minimum Gasteiger partial charge on any atom is -0.403 e. The first-order valence-electron chi connectivity index (χ1n) is 7.85. The predicted molar refractivity (Wildman–Crippen MR) is 100 cm³/mol. The molecular weight excluding hydrogens is 330 g/mol. The first-order chi connectivity index (χ1) is 12.5. The van der Waals surface area contributed by atoms with Crippen LogP contribution in [0.1, 0.15) is 11.3 Å². The average Bonchev–Trinajstić information content (AvgIpc) is 2.65. The maximum absolute atomic E-state index is 8.25. The molecule has 3 heterocycles. The number of hydrogen-bond acceptors (Lipinski definition) is 8. The second-order valence-electron chi connectivity index (χ2n) is 5.68. The molecule has 3 aromatic rings. The quantitative estimate of drug-likeness (QED) is 0.346. The summed E-state index contributed by atoms with van der Waals surface area (Å²) < 4.78 is 1.19. The largest absolute Gasteiger partial charge is 0.403 e. The van der Waals surface area contributed by atoms with Gasteiger partial charge in [0.1, 0.15) is 22.5 Å². The van der Waals surface area contributed by atoms with Crippen molar-refractivity contribution in [3.8, 4) is 0 Å². The summed E-state index contributed by atoms with van der Waals surface area (Å²) in [5, 5.41) is 23.5. The molecule has 9 nitrogen and oxygen atoms in total. The van der Waals surface area contributed by atoms with Crippen LogP contribution in [0, 0.1) is 17.7 Å². The summed E-state index contributed by atoms with van der Waals surface area (Å²) >= 11 is 0. The number of hydrogen-bond donors (Lipinski definition) is 5. The van der Waals surface area contributed by atoms with Crippen LogP contribution < -0.4 is 22.3 Å². The van der Waals surface area contributed by atoms with Crippen molar-refractivity contribution >= 4 is 28.3 Å². The van der Waals surface area contributed by atoms with Crippen LogP contribution in [0.3, 0.4) is 0 Å². The number of nitrogens with two attached hydrogens (primary N) is 2. The van der Waals surface area contributed by atoms with Gasteiger partial charge in [-0.15, -0.1) is 0 Å².